The molecule has 0 unspecified atom stereocenters. The van der Waals surface area contributed by atoms with Gasteiger partial charge in [-0.05, 0) is 12.1 Å². The maximum absolute atomic E-state index is 8.45. The molecule has 0 aliphatic heterocycles. The molecule has 0 amide bonds. The Morgan fingerprint density at radius 2 is 2.23 bits per heavy atom. The summed E-state index contributed by atoms with van der Waals surface area (Å²) in [7, 11) is 1.49. The smallest absolute Gasteiger partial charge is 0.173 e. The Morgan fingerprint density at radius 1 is 1.54 bits per heavy atom. The average molecular weight is 181 g/mol. The van der Waals surface area contributed by atoms with E-state index in [4.69, 9.17) is 21.4 Å². The van der Waals surface area contributed by atoms with Gasteiger partial charge in [-0.1, -0.05) is 5.16 Å². The second-order valence-corrected chi connectivity index (χ2v) is 2.44. The number of nitrogens with two attached hydrogens (primary N) is 2. The molecule has 5 nitrogen and oxygen atoms in total. The quantitative estimate of drug-likeness (QED) is 0.202. The minimum absolute atomic E-state index is 0.00292. The van der Waals surface area contributed by atoms with Crippen molar-refractivity contribution < 1.29 is 9.94 Å². The Morgan fingerprint density at radius 3 is 2.77 bits per heavy atom. The van der Waals surface area contributed by atoms with Crippen LogP contribution in [0.5, 0.6) is 5.75 Å². The zero-order valence-electron chi connectivity index (χ0n) is 7.19. The summed E-state index contributed by atoms with van der Waals surface area (Å²) >= 11 is 0. The molecule has 0 aliphatic rings. The molecule has 70 valence electrons. The van der Waals surface area contributed by atoms with Crippen LogP contribution in [0.2, 0.25) is 0 Å². The standard InChI is InChI=1S/C8H11N3O2/c1-13-7-4-5(9)2-3-6(7)8(10)11-12/h2-4,12H,9H2,1H3,(H2,10,11). The van der Waals surface area contributed by atoms with E-state index >= 15 is 0 Å². The number of ether oxygens (including phenoxy) is 1. The van der Waals surface area contributed by atoms with Gasteiger partial charge in [-0.25, -0.2) is 0 Å². The SMILES string of the molecule is COc1cc(N)ccc1/C(N)=N/O. The minimum atomic E-state index is -0.00292. The highest BCUT2D eigenvalue weighted by atomic mass is 16.5. The van der Waals surface area contributed by atoms with E-state index in [9.17, 15) is 0 Å². The molecular formula is C8H11N3O2. The van der Waals surface area contributed by atoms with Gasteiger partial charge in [0.05, 0.1) is 12.7 Å². The van der Waals surface area contributed by atoms with E-state index in [1.165, 1.54) is 7.11 Å². The van der Waals surface area contributed by atoms with Crippen molar-refractivity contribution in [1.29, 1.82) is 0 Å². The van der Waals surface area contributed by atoms with Crippen LogP contribution in [0.25, 0.3) is 0 Å². The van der Waals surface area contributed by atoms with E-state index in [1.807, 2.05) is 0 Å². The Bertz CT molecular complexity index is 336. The number of nitrogens with zero attached hydrogens (tertiary/aromatic N) is 1. The fourth-order valence-electron chi connectivity index (χ4n) is 0.973. The third-order valence-electron chi connectivity index (χ3n) is 1.61. The van der Waals surface area contributed by atoms with E-state index in [2.05, 4.69) is 5.16 Å². The number of benzene rings is 1. The first-order valence-electron chi connectivity index (χ1n) is 3.60. The Balaban J connectivity index is 3.21. The first kappa shape index (κ1) is 9.18. The molecule has 5 N–H and O–H groups in total. The number of nitrogen functional groups attached to an aromatic ring is 1. The van der Waals surface area contributed by atoms with Gasteiger partial charge in [0, 0.05) is 11.8 Å². The van der Waals surface area contributed by atoms with Gasteiger partial charge in [-0.15, -0.1) is 0 Å². The van der Waals surface area contributed by atoms with Gasteiger partial charge in [0.25, 0.3) is 0 Å². The van der Waals surface area contributed by atoms with Crippen LogP contribution in [-0.4, -0.2) is 18.2 Å². The monoisotopic (exact) mass is 181 g/mol. The van der Waals surface area contributed by atoms with Crippen LogP contribution in [0.3, 0.4) is 0 Å². The van der Waals surface area contributed by atoms with Crippen molar-refractivity contribution in [2.24, 2.45) is 10.9 Å². The van der Waals surface area contributed by atoms with Gasteiger partial charge < -0.3 is 21.4 Å². The van der Waals surface area contributed by atoms with E-state index in [0.29, 0.717) is 17.0 Å². The highest BCUT2D eigenvalue weighted by Gasteiger charge is 2.06. The maximum Gasteiger partial charge on any atom is 0.173 e. The number of rotatable bonds is 2. The van der Waals surface area contributed by atoms with Crippen LogP contribution in [0.1, 0.15) is 5.56 Å². The highest BCUT2D eigenvalue weighted by Crippen LogP contribution is 2.20. The molecule has 1 aromatic carbocycles. The van der Waals surface area contributed by atoms with Crippen LogP contribution in [-0.2, 0) is 0 Å². The first-order chi connectivity index (χ1) is 6.19. The Labute approximate surface area is 75.6 Å². The molecule has 0 aromatic heterocycles. The van der Waals surface area contributed by atoms with Gasteiger partial charge in [-0.3, -0.25) is 0 Å². The molecule has 0 heterocycles. The lowest BCUT2D eigenvalue weighted by atomic mass is 10.1. The van der Waals surface area contributed by atoms with Crippen LogP contribution >= 0.6 is 0 Å². The molecule has 0 fully saturated rings. The molecule has 13 heavy (non-hydrogen) atoms. The number of amidine groups is 1. The van der Waals surface area contributed by atoms with E-state index in [0.717, 1.165) is 0 Å². The number of hydrogen-bond acceptors (Lipinski definition) is 4. The normalized spacial score (nSPS) is 11.3. The van der Waals surface area contributed by atoms with E-state index < -0.39 is 0 Å². The summed E-state index contributed by atoms with van der Waals surface area (Å²) in [6, 6.07) is 4.88. The van der Waals surface area contributed by atoms with Crippen LogP contribution in [0.15, 0.2) is 23.4 Å². The molecule has 0 saturated carbocycles. The second kappa shape index (κ2) is 3.66. The fourth-order valence-corrected chi connectivity index (χ4v) is 0.973. The lowest BCUT2D eigenvalue weighted by Gasteiger charge is -2.07. The van der Waals surface area contributed by atoms with Gasteiger partial charge in [0.2, 0.25) is 0 Å². The molecular weight excluding hydrogens is 170 g/mol. The summed E-state index contributed by atoms with van der Waals surface area (Å²) in [5.74, 6) is 0.479. The zero-order valence-corrected chi connectivity index (χ0v) is 7.19. The minimum Gasteiger partial charge on any atom is -0.496 e. The summed E-state index contributed by atoms with van der Waals surface area (Å²) in [5, 5.41) is 11.3. The summed E-state index contributed by atoms with van der Waals surface area (Å²) in [4.78, 5) is 0. The molecule has 0 aliphatic carbocycles. The molecule has 1 aromatic rings. The van der Waals surface area contributed by atoms with Crippen molar-refractivity contribution in [3.8, 4) is 5.75 Å². The van der Waals surface area contributed by atoms with Crippen LogP contribution in [0.4, 0.5) is 5.69 Å². The number of anilines is 1. The van der Waals surface area contributed by atoms with Crippen molar-refractivity contribution in [3.63, 3.8) is 0 Å². The number of methoxy groups -OCH3 is 1. The van der Waals surface area contributed by atoms with Crippen molar-refractivity contribution in [2.45, 2.75) is 0 Å². The van der Waals surface area contributed by atoms with Gasteiger partial charge in [0.15, 0.2) is 5.84 Å². The zero-order chi connectivity index (χ0) is 9.84. The summed E-state index contributed by atoms with van der Waals surface area (Å²) in [5.41, 5.74) is 12.0. The van der Waals surface area contributed by atoms with Gasteiger partial charge >= 0.3 is 0 Å². The van der Waals surface area contributed by atoms with E-state index in [-0.39, 0.29) is 5.84 Å². The van der Waals surface area contributed by atoms with Crippen molar-refractivity contribution in [2.75, 3.05) is 12.8 Å². The number of oxime groups is 1. The third-order valence-corrected chi connectivity index (χ3v) is 1.61. The average Bonchev–Trinajstić information content (AvgIpc) is 2.16. The highest BCUT2D eigenvalue weighted by molar-refractivity contribution is 5.99. The molecule has 0 radical (unpaired) electrons. The van der Waals surface area contributed by atoms with Crippen molar-refractivity contribution >= 4 is 11.5 Å². The van der Waals surface area contributed by atoms with Crippen molar-refractivity contribution in [1.82, 2.24) is 0 Å². The van der Waals surface area contributed by atoms with Crippen molar-refractivity contribution in [3.05, 3.63) is 23.8 Å². The lowest BCUT2D eigenvalue weighted by molar-refractivity contribution is 0.318. The first-order valence-corrected chi connectivity index (χ1v) is 3.60. The predicted octanol–water partition coefficient (Wildman–Crippen LogP) is 0.372. The lowest BCUT2D eigenvalue weighted by Crippen LogP contribution is -2.14. The summed E-state index contributed by atoms with van der Waals surface area (Å²) < 4.78 is 5.00. The van der Waals surface area contributed by atoms with Crippen LogP contribution < -0.4 is 16.2 Å². The topological polar surface area (TPSA) is 93.9 Å². The predicted molar refractivity (Wildman–Crippen MR) is 49.9 cm³/mol. The summed E-state index contributed by atoms with van der Waals surface area (Å²) in [6.07, 6.45) is 0. The van der Waals surface area contributed by atoms with Gasteiger partial charge in [0.1, 0.15) is 5.75 Å². The second-order valence-electron chi connectivity index (χ2n) is 2.44. The molecule has 0 spiro atoms. The molecule has 0 atom stereocenters. The number of hydrogen-bond donors (Lipinski definition) is 3. The van der Waals surface area contributed by atoms with Gasteiger partial charge in [-0.2, -0.15) is 0 Å². The fraction of sp³-hybridized carbons (Fsp3) is 0.125. The Hall–Kier alpha value is -1.91. The largest absolute Gasteiger partial charge is 0.496 e. The molecule has 5 heteroatoms. The maximum atomic E-state index is 8.45. The van der Waals surface area contributed by atoms with Crippen LogP contribution in [0, 0.1) is 0 Å². The van der Waals surface area contributed by atoms with E-state index in [1.54, 1.807) is 18.2 Å². The summed E-state index contributed by atoms with van der Waals surface area (Å²) in [6.45, 7) is 0. The Kier molecular flexibility index (Phi) is 2.59. The third kappa shape index (κ3) is 1.81. The molecule has 1 rings (SSSR count). The molecule has 0 saturated heterocycles. The molecule has 0 bridgehead atoms.